The van der Waals surface area contributed by atoms with Crippen molar-refractivity contribution in [1.29, 1.82) is 0 Å². The molecular weight excluding hydrogens is 382 g/mol. The van der Waals surface area contributed by atoms with Crippen molar-refractivity contribution in [3.05, 3.63) is 35.9 Å². The van der Waals surface area contributed by atoms with E-state index in [1.54, 1.807) is 0 Å². The molecule has 4 bridgehead atoms. The van der Waals surface area contributed by atoms with E-state index < -0.39 is 0 Å². The van der Waals surface area contributed by atoms with Crippen molar-refractivity contribution in [2.45, 2.75) is 62.9 Å². The monoisotopic (exact) mass is 417 g/mol. The fraction of sp³-hybridized carbons (Fsp3) is 0.708. The van der Waals surface area contributed by atoms with Crippen LogP contribution in [0, 0.1) is 23.7 Å². The Bertz CT molecular complexity index is 689. The first-order valence-corrected chi connectivity index (χ1v) is 11.4. The van der Waals surface area contributed by atoms with Crippen molar-refractivity contribution in [2.24, 2.45) is 29.4 Å². The van der Waals surface area contributed by atoms with E-state index in [2.05, 4.69) is 47.5 Å². The van der Waals surface area contributed by atoms with E-state index in [1.165, 1.54) is 44.1 Å². The molecule has 6 rings (SSSR count). The van der Waals surface area contributed by atoms with Crippen LogP contribution in [0.5, 0.6) is 0 Å². The highest BCUT2D eigenvalue weighted by Gasteiger charge is 2.52. The highest BCUT2D eigenvalue weighted by Crippen LogP contribution is 2.55. The Morgan fingerprint density at radius 2 is 1.69 bits per heavy atom. The molecule has 4 saturated carbocycles. The van der Waals surface area contributed by atoms with Gasteiger partial charge in [-0.1, -0.05) is 30.3 Å². The molecule has 1 aromatic rings. The maximum absolute atomic E-state index is 13.3. The maximum Gasteiger partial charge on any atom is 0.237 e. The highest BCUT2D eigenvalue weighted by molar-refractivity contribution is 5.85. The number of nitrogens with zero attached hydrogens (tertiary/aromatic N) is 1. The number of amides is 1. The van der Waals surface area contributed by atoms with Crippen molar-refractivity contribution in [3.63, 3.8) is 0 Å². The average Bonchev–Trinajstić information content (AvgIpc) is 3.11. The molecule has 1 aliphatic heterocycles. The Kier molecular flexibility index (Phi) is 5.98. The Labute approximate surface area is 181 Å². The van der Waals surface area contributed by atoms with Crippen molar-refractivity contribution in [1.82, 2.24) is 10.2 Å². The van der Waals surface area contributed by atoms with Crippen LogP contribution >= 0.6 is 12.4 Å². The number of hydrogen-bond donors (Lipinski definition) is 2. The number of benzene rings is 1. The van der Waals surface area contributed by atoms with E-state index in [0.29, 0.717) is 18.4 Å². The van der Waals surface area contributed by atoms with Gasteiger partial charge in [-0.2, -0.15) is 0 Å². The molecular formula is C24H36ClN3O. The fourth-order valence-corrected chi connectivity index (χ4v) is 7.33. The van der Waals surface area contributed by atoms with Gasteiger partial charge in [0.25, 0.3) is 0 Å². The molecule has 3 atom stereocenters. The zero-order valence-corrected chi connectivity index (χ0v) is 18.4. The van der Waals surface area contributed by atoms with Crippen molar-refractivity contribution in [3.8, 4) is 0 Å². The predicted octanol–water partition coefficient (Wildman–Crippen LogP) is 3.56. The Balaban J connectivity index is 0.00000205. The summed E-state index contributed by atoms with van der Waals surface area (Å²) >= 11 is 0. The second-order valence-corrected chi connectivity index (χ2v) is 10.3. The van der Waals surface area contributed by atoms with Gasteiger partial charge in [0, 0.05) is 24.5 Å². The zero-order valence-electron chi connectivity index (χ0n) is 17.6. The van der Waals surface area contributed by atoms with Gasteiger partial charge >= 0.3 is 0 Å². The summed E-state index contributed by atoms with van der Waals surface area (Å²) in [6, 6.07) is 10.6. The lowest BCUT2D eigenvalue weighted by Gasteiger charge is -2.57. The van der Waals surface area contributed by atoms with Gasteiger partial charge in [-0.3, -0.25) is 9.69 Å². The molecule has 1 amide bonds. The molecule has 1 unspecified atom stereocenters. The van der Waals surface area contributed by atoms with Crippen LogP contribution in [0.1, 0.15) is 56.9 Å². The van der Waals surface area contributed by atoms with Crippen LogP contribution in [0.3, 0.4) is 0 Å². The third kappa shape index (κ3) is 3.96. The summed E-state index contributed by atoms with van der Waals surface area (Å²) in [7, 11) is 0. The van der Waals surface area contributed by atoms with Crippen LogP contribution < -0.4 is 11.1 Å². The van der Waals surface area contributed by atoms with Crippen molar-refractivity contribution in [2.75, 3.05) is 19.6 Å². The Hall–Kier alpha value is -1.10. The zero-order chi connectivity index (χ0) is 19.3. The molecule has 29 heavy (non-hydrogen) atoms. The second-order valence-electron chi connectivity index (χ2n) is 10.3. The number of nitrogens with one attached hydrogen (secondary N) is 1. The highest BCUT2D eigenvalue weighted by atomic mass is 35.5. The maximum atomic E-state index is 13.3. The lowest BCUT2D eigenvalue weighted by atomic mass is 9.53. The molecule has 4 aliphatic carbocycles. The van der Waals surface area contributed by atoms with Gasteiger partial charge in [0.1, 0.15) is 0 Å². The smallest absolute Gasteiger partial charge is 0.237 e. The van der Waals surface area contributed by atoms with Crippen molar-refractivity contribution >= 4 is 18.3 Å². The van der Waals surface area contributed by atoms with Crippen LogP contribution in [0.2, 0.25) is 0 Å². The average molecular weight is 418 g/mol. The Morgan fingerprint density at radius 1 is 1.10 bits per heavy atom. The molecule has 5 aliphatic rings. The minimum absolute atomic E-state index is 0. The van der Waals surface area contributed by atoms with Gasteiger partial charge in [-0.05, 0) is 81.2 Å². The van der Waals surface area contributed by atoms with Gasteiger partial charge in [0.05, 0.1) is 6.04 Å². The largest absolute Gasteiger partial charge is 0.349 e. The van der Waals surface area contributed by atoms with Gasteiger partial charge in [-0.15, -0.1) is 12.4 Å². The third-order valence-corrected chi connectivity index (χ3v) is 8.35. The summed E-state index contributed by atoms with van der Waals surface area (Å²) in [5, 5.41) is 3.58. The van der Waals surface area contributed by atoms with Crippen LogP contribution in [0.25, 0.3) is 0 Å². The number of carbonyl (C=O) groups is 1. The number of hydrogen-bond acceptors (Lipinski definition) is 3. The normalized spacial score (nSPS) is 39.2. The summed E-state index contributed by atoms with van der Waals surface area (Å²) in [6.45, 7) is 4.63. The number of nitrogens with two attached hydrogens (primary N) is 1. The number of likely N-dealkylation sites (tertiary alicyclic amines) is 1. The SMILES string of the molecule is CC(C(=O)NC12CC3CC(CC(C3)C1)C2)N1C[C@@H](CN)[C@H](c2ccccc2)C1.Cl. The molecule has 0 radical (unpaired) electrons. The summed E-state index contributed by atoms with van der Waals surface area (Å²) in [5.41, 5.74) is 7.57. The lowest BCUT2D eigenvalue weighted by molar-refractivity contribution is -0.131. The van der Waals surface area contributed by atoms with E-state index in [-0.39, 0.29) is 29.9 Å². The van der Waals surface area contributed by atoms with E-state index >= 15 is 0 Å². The second kappa shape index (κ2) is 8.20. The number of rotatable bonds is 5. The molecule has 4 nitrogen and oxygen atoms in total. The molecule has 1 heterocycles. The lowest BCUT2D eigenvalue weighted by Crippen LogP contribution is -2.62. The van der Waals surface area contributed by atoms with E-state index in [0.717, 1.165) is 30.8 Å². The third-order valence-electron chi connectivity index (χ3n) is 8.35. The molecule has 0 spiro atoms. The number of halogens is 1. The molecule has 1 saturated heterocycles. The van der Waals surface area contributed by atoms with Gasteiger partial charge in [0.15, 0.2) is 0 Å². The minimum Gasteiger partial charge on any atom is -0.349 e. The van der Waals surface area contributed by atoms with Crippen LogP contribution in [-0.2, 0) is 4.79 Å². The Morgan fingerprint density at radius 3 is 2.24 bits per heavy atom. The predicted molar refractivity (Wildman–Crippen MR) is 119 cm³/mol. The number of carbonyl (C=O) groups excluding carboxylic acids is 1. The van der Waals surface area contributed by atoms with E-state index in [4.69, 9.17) is 5.73 Å². The van der Waals surface area contributed by atoms with Gasteiger partial charge < -0.3 is 11.1 Å². The standard InChI is InChI=1S/C24H35N3O.ClH/c1-16(27-14-21(13-25)22(15-27)20-5-3-2-4-6-20)23(28)26-24-10-17-7-18(11-24)9-19(8-17)12-24;/h2-6,16-19,21-22H,7-15,25H2,1H3,(H,26,28);1H/t16?,17?,18?,19?,21-,22+,24?;/m1./s1. The van der Waals surface area contributed by atoms with Crippen LogP contribution in [0.15, 0.2) is 30.3 Å². The first-order chi connectivity index (χ1) is 13.5. The first kappa shape index (κ1) is 21.1. The van der Waals surface area contributed by atoms with Crippen LogP contribution in [0.4, 0.5) is 0 Å². The van der Waals surface area contributed by atoms with Gasteiger partial charge in [0.2, 0.25) is 5.91 Å². The molecule has 160 valence electrons. The summed E-state index contributed by atoms with van der Waals surface area (Å²) in [5.74, 6) is 3.68. The van der Waals surface area contributed by atoms with Gasteiger partial charge in [-0.25, -0.2) is 0 Å². The summed E-state index contributed by atoms with van der Waals surface area (Å²) in [4.78, 5) is 15.6. The van der Waals surface area contributed by atoms with Crippen LogP contribution in [-0.4, -0.2) is 42.0 Å². The molecule has 0 aromatic heterocycles. The molecule has 5 fully saturated rings. The summed E-state index contributed by atoms with van der Waals surface area (Å²) < 4.78 is 0. The molecule has 1 aromatic carbocycles. The first-order valence-electron chi connectivity index (χ1n) is 11.4. The molecule has 3 N–H and O–H groups in total. The summed E-state index contributed by atoms with van der Waals surface area (Å²) in [6.07, 6.45) is 7.88. The molecule has 5 heteroatoms. The fourth-order valence-electron chi connectivity index (χ4n) is 7.33. The van der Waals surface area contributed by atoms with E-state index in [9.17, 15) is 4.79 Å². The van der Waals surface area contributed by atoms with E-state index in [1.807, 2.05) is 0 Å². The minimum atomic E-state index is -0.0734. The van der Waals surface area contributed by atoms with Crippen molar-refractivity contribution < 1.29 is 4.79 Å². The topological polar surface area (TPSA) is 58.4 Å². The quantitative estimate of drug-likeness (QED) is 0.770.